The number of nitrogens with zero attached hydrogens (tertiary/aromatic N) is 1. The first-order chi connectivity index (χ1) is 7.40. The molecule has 1 aromatic rings. The van der Waals surface area contributed by atoms with Gasteiger partial charge in [-0.05, 0) is 25.3 Å². The van der Waals surface area contributed by atoms with E-state index in [1.807, 2.05) is 13.8 Å². The Labute approximate surface area is 101 Å². The summed E-state index contributed by atoms with van der Waals surface area (Å²) in [5, 5.41) is 0.653. The Kier molecular flexibility index (Phi) is 4.16. The van der Waals surface area contributed by atoms with Gasteiger partial charge in [-0.3, -0.25) is 4.79 Å². The van der Waals surface area contributed by atoms with E-state index in [0.717, 1.165) is 11.3 Å². The van der Waals surface area contributed by atoms with Crippen LogP contribution in [0.3, 0.4) is 0 Å². The summed E-state index contributed by atoms with van der Waals surface area (Å²) >= 11 is 6.21. The zero-order valence-corrected chi connectivity index (χ0v) is 11.1. The van der Waals surface area contributed by atoms with Gasteiger partial charge < -0.3 is 10.3 Å². The van der Waals surface area contributed by atoms with Gasteiger partial charge in [0.2, 0.25) is 0 Å². The van der Waals surface area contributed by atoms with Gasteiger partial charge in [-0.1, -0.05) is 25.4 Å². The molecule has 0 aliphatic heterocycles. The van der Waals surface area contributed by atoms with Crippen molar-refractivity contribution in [2.75, 3.05) is 0 Å². The van der Waals surface area contributed by atoms with E-state index in [2.05, 4.69) is 13.8 Å². The molecule has 0 aliphatic carbocycles. The van der Waals surface area contributed by atoms with Crippen LogP contribution in [0.1, 0.15) is 30.7 Å². The molecule has 0 saturated carbocycles. The fraction of sp³-hybridized carbons (Fsp3) is 0.583. The summed E-state index contributed by atoms with van der Waals surface area (Å²) in [5.74, 6) is 0.404. The first-order valence-electron chi connectivity index (χ1n) is 5.48. The zero-order valence-electron chi connectivity index (χ0n) is 10.3. The molecule has 1 rings (SSSR count). The second kappa shape index (κ2) is 5.02. The maximum atomic E-state index is 12.2. The third-order valence-corrected chi connectivity index (χ3v) is 3.32. The number of hydrogen-bond donors (Lipinski definition) is 1. The third-order valence-electron chi connectivity index (χ3n) is 2.76. The highest BCUT2D eigenvalue weighted by Crippen LogP contribution is 2.21. The van der Waals surface area contributed by atoms with E-state index < -0.39 is 0 Å². The van der Waals surface area contributed by atoms with Crippen molar-refractivity contribution >= 4 is 11.6 Å². The standard InChI is InChI=1S/C12H19ClN2O/c1-7(2)6-15-9(4)11(13)8(3)10(5-14)12(15)16/h7H,5-6,14H2,1-4H3. The van der Waals surface area contributed by atoms with Gasteiger partial charge in [0.25, 0.3) is 5.56 Å². The van der Waals surface area contributed by atoms with E-state index in [1.165, 1.54) is 0 Å². The fourth-order valence-electron chi connectivity index (χ4n) is 1.82. The SMILES string of the molecule is Cc1c(Cl)c(C)n(CC(C)C)c(=O)c1CN. The molecule has 0 fully saturated rings. The largest absolute Gasteiger partial charge is 0.326 e. The van der Waals surface area contributed by atoms with E-state index in [0.29, 0.717) is 23.0 Å². The van der Waals surface area contributed by atoms with E-state index in [4.69, 9.17) is 17.3 Å². The number of halogens is 1. The van der Waals surface area contributed by atoms with Crippen LogP contribution in [0.2, 0.25) is 5.02 Å². The molecule has 0 spiro atoms. The molecule has 0 bridgehead atoms. The van der Waals surface area contributed by atoms with Crippen LogP contribution in [0, 0.1) is 19.8 Å². The topological polar surface area (TPSA) is 48.0 Å². The summed E-state index contributed by atoms with van der Waals surface area (Å²) < 4.78 is 1.72. The number of pyridine rings is 1. The van der Waals surface area contributed by atoms with E-state index in [1.54, 1.807) is 4.57 Å². The minimum absolute atomic E-state index is 0.00407. The second-order valence-electron chi connectivity index (χ2n) is 4.52. The predicted molar refractivity (Wildman–Crippen MR) is 67.9 cm³/mol. The Morgan fingerprint density at radius 3 is 2.38 bits per heavy atom. The molecule has 0 aliphatic rings. The Morgan fingerprint density at radius 2 is 1.94 bits per heavy atom. The monoisotopic (exact) mass is 242 g/mol. The fourth-order valence-corrected chi connectivity index (χ4v) is 2.04. The van der Waals surface area contributed by atoms with Crippen molar-refractivity contribution in [3.05, 3.63) is 32.2 Å². The highest BCUT2D eigenvalue weighted by atomic mass is 35.5. The minimum Gasteiger partial charge on any atom is -0.326 e. The molecule has 0 unspecified atom stereocenters. The number of rotatable bonds is 3. The lowest BCUT2D eigenvalue weighted by atomic mass is 10.1. The van der Waals surface area contributed by atoms with Crippen molar-refractivity contribution < 1.29 is 0 Å². The van der Waals surface area contributed by atoms with Crippen LogP contribution in [-0.4, -0.2) is 4.57 Å². The lowest BCUT2D eigenvalue weighted by Gasteiger charge is -2.17. The lowest BCUT2D eigenvalue weighted by Crippen LogP contribution is -2.30. The minimum atomic E-state index is -0.00407. The quantitative estimate of drug-likeness (QED) is 0.884. The Hall–Kier alpha value is -0.800. The molecule has 1 aromatic heterocycles. The Morgan fingerprint density at radius 1 is 1.38 bits per heavy atom. The van der Waals surface area contributed by atoms with Crippen molar-refractivity contribution in [2.24, 2.45) is 11.7 Å². The molecule has 0 atom stereocenters. The highest BCUT2D eigenvalue weighted by Gasteiger charge is 2.14. The third kappa shape index (κ3) is 2.30. The maximum absolute atomic E-state index is 12.2. The van der Waals surface area contributed by atoms with Gasteiger partial charge in [-0.15, -0.1) is 0 Å². The summed E-state index contributed by atoms with van der Waals surface area (Å²) in [4.78, 5) is 12.2. The van der Waals surface area contributed by atoms with E-state index in [-0.39, 0.29) is 12.1 Å². The zero-order chi connectivity index (χ0) is 12.5. The van der Waals surface area contributed by atoms with Gasteiger partial charge >= 0.3 is 0 Å². The first kappa shape index (κ1) is 13.3. The second-order valence-corrected chi connectivity index (χ2v) is 4.89. The smallest absolute Gasteiger partial charge is 0.255 e. The molecule has 3 nitrogen and oxygen atoms in total. The molecule has 0 saturated heterocycles. The van der Waals surface area contributed by atoms with Gasteiger partial charge in [0, 0.05) is 24.3 Å². The van der Waals surface area contributed by atoms with Crippen molar-refractivity contribution in [1.82, 2.24) is 4.57 Å². The van der Waals surface area contributed by atoms with Gasteiger partial charge in [-0.2, -0.15) is 0 Å². The van der Waals surface area contributed by atoms with Crippen LogP contribution in [0.5, 0.6) is 0 Å². The molecule has 16 heavy (non-hydrogen) atoms. The summed E-state index contributed by atoms with van der Waals surface area (Å²) in [6, 6.07) is 0. The van der Waals surface area contributed by atoms with Crippen molar-refractivity contribution in [3.8, 4) is 0 Å². The number of hydrogen-bond acceptors (Lipinski definition) is 2. The van der Waals surface area contributed by atoms with Crippen LogP contribution in [0.25, 0.3) is 0 Å². The molecule has 0 amide bonds. The molecule has 90 valence electrons. The number of aromatic nitrogens is 1. The van der Waals surface area contributed by atoms with Crippen LogP contribution < -0.4 is 11.3 Å². The Bertz CT molecular complexity index is 449. The van der Waals surface area contributed by atoms with Crippen LogP contribution in [0.4, 0.5) is 0 Å². The summed E-state index contributed by atoms with van der Waals surface area (Å²) in [6.07, 6.45) is 0. The highest BCUT2D eigenvalue weighted by molar-refractivity contribution is 6.32. The molecule has 1 heterocycles. The molecule has 2 N–H and O–H groups in total. The average molecular weight is 243 g/mol. The molecule has 0 radical (unpaired) electrons. The average Bonchev–Trinajstić information content (AvgIpc) is 2.22. The van der Waals surface area contributed by atoms with Gasteiger partial charge in [0.15, 0.2) is 0 Å². The first-order valence-corrected chi connectivity index (χ1v) is 5.86. The van der Waals surface area contributed by atoms with Crippen molar-refractivity contribution in [3.63, 3.8) is 0 Å². The molecule has 0 aromatic carbocycles. The summed E-state index contributed by atoms with van der Waals surface area (Å²) in [7, 11) is 0. The van der Waals surface area contributed by atoms with Crippen molar-refractivity contribution in [2.45, 2.75) is 40.8 Å². The van der Waals surface area contributed by atoms with Gasteiger partial charge in [0.05, 0.1) is 5.02 Å². The molecular formula is C12H19ClN2O. The van der Waals surface area contributed by atoms with Crippen LogP contribution in [-0.2, 0) is 13.1 Å². The summed E-state index contributed by atoms with van der Waals surface area (Å²) in [5.41, 5.74) is 7.86. The maximum Gasteiger partial charge on any atom is 0.255 e. The van der Waals surface area contributed by atoms with Gasteiger partial charge in [-0.25, -0.2) is 0 Å². The number of nitrogens with two attached hydrogens (primary N) is 1. The molecular weight excluding hydrogens is 224 g/mol. The van der Waals surface area contributed by atoms with Gasteiger partial charge in [0.1, 0.15) is 0 Å². The lowest BCUT2D eigenvalue weighted by molar-refractivity contribution is 0.499. The van der Waals surface area contributed by atoms with Crippen LogP contribution >= 0.6 is 11.6 Å². The van der Waals surface area contributed by atoms with Crippen LogP contribution in [0.15, 0.2) is 4.79 Å². The van der Waals surface area contributed by atoms with Crippen molar-refractivity contribution in [1.29, 1.82) is 0 Å². The predicted octanol–water partition coefficient (Wildman–Crippen LogP) is 2.23. The summed E-state index contributed by atoms with van der Waals surface area (Å²) in [6.45, 7) is 8.78. The Balaban J connectivity index is 3.49. The molecule has 4 heteroatoms. The van der Waals surface area contributed by atoms with E-state index >= 15 is 0 Å². The van der Waals surface area contributed by atoms with E-state index in [9.17, 15) is 4.79 Å². The normalized spacial score (nSPS) is 11.2.